The molecule has 0 aliphatic carbocycles. The molecule has 0 saturated heterocycles. The molecule has 3 aromatic carbocycles. The molecule has 0 spiro atoms. The molecule has 160 valence electrons. The van der Waals surface area contributed by atoms with Gasteiger partial charge >= 0.3 is 0 Å². The predicted octanol–water partition coefficient (Wildman–Crippen LogP) is 4.25. The maximum atomic E-state index is 12.8. The number of aryl methyl sites for hydroxylation is 1. The molecule has 0 radical (unpaired) electrons. The van der Waals surface area contributed by atoms with E-state index in [1.807, 2.05) is 0 Å². The normalized spacial score (nSPS) is 10.7. The van der Waals surface area contributed by atoms with Gasteiger partial charge in [0.1, 0.15) is 12.4 Å². The van der Waals surface area contributed by atoms with Crippen LogP contribution in [-0.4, -0.2) is 21.4 Å². The van der Waals surface area contributed by atoms with Crippen LogP contribution in [-0.2, 0) is 11.3 Å². The first kappa shape index (κ1) is 21.3. The molecule has 1 aromatic heterocycles. The summed E-state index contributed by atoms with van der Waals surface area (Å²) < 4.78 is 1.31. The molecule has 0 bridgehead atoms. The van der Waals surface area contributed by atoms with Crippen molar-refractivity contribution in [2.45, 2.75) is 13.5 Å². The van der Waals surface area contributed by atoms with Crippen LogP contribution in [0, 0.1) is 6.92 Å². The number of carbonyl (C=O) groups is 2. The van der Waals surface area contributed by atoms with E-state index in [2.05, 4.69) is 15.6 Å². The molecule has 32 heavy (non-hydrogen) atoms. The van der Waals surface area contributed by atoms with Gasteiger partial charge in [-0.25, -0.2) is 4.98 Å². The molecule has 8 heteroatoms. The summed E-state index contributed by atoms with van der Waals surface area (Å²) in [7, 11) is 0. The molecule has 0 fully saturated rings. The summed E-state index contributed by atoms with van der Waals surface area (Å²) in [6.07, 6.45) is 0. The summed E-state index contributed by atoms with van der Waals surface area (Å²) in [5.41, 5.74) is 1.48. The van der Waals surface area contributed by atoms with Gasteiger partial charge in [0.25, 0.3) is 11.5 Å². The van der Waals surface area contributed by atoms with Crippen molar-refractivity contribution in [3.8, 4) is 0 Å². The molecule has 0 aliphatic heterocycles. The highest BCUT2D eigenvalue weighted by Crippen LogP contribution is 2.19. The maximum absolute atomic E-state index is 12.8. The Bertz CT molecular complexity index is 1380. The molecule has 2 amide bonds. The Morgan fingerprint density at radius 1 is 0.938 bits per heavy atom. The third kappa shape index (κ3) is 4.53. The number of nitrogens with one attached hydrogen (secondary N) is 2. The van der Waals surface area contributed by atoms with Crippen LogP contribution in [0.15, 0.2) is 77.6 Å². The highest BCUT2D eigenvalue weighted by Gasteiger charge is 2.16. The van der Waals surface area contributed by atoms with Gasteiger partial charge in [0, 0.05) is 10.7 Å². The fraction of sp³-hybridized carbons (Fsp3) is 0.0833. The Kier molecular flexibility index (Phi) is 6.00. The van der Waals surface area contributed by atoms with Crippen molar-refractivity contribution in [3.63, 3.8) is 0 Å². The Morgan fingerprint density at radius 2 is 1.62 bits per heavy atom. The second-order valence-electron chi connectivity index (χ2n) is 7.12. The second-order valence-corrected chi connectivity index (χ2v) is 7.56. The third-order valence-electron chi connectivity index (χ3n) is 4.90. The summed E-state index contributed by atoms with van der Waals surface area (Å²) in [5, 5.41) is 6.50. The van der Waals surface area contributed by atoms with E-state index >= 15 is 0 Å². The zero-order valence-electron chi connectivity index (χ0n) is 17.1. The smallest absolute Gasteiger partial charge is 0.261 e. The zero-order valence-corrected chi connectivity index (χ0v) is 17.9. The quantitative estimate of drug-likeness (QED) is 0.479. The molecule has 4 aromatic rings. The molecule has 0 atom stereocenters. The van der Waals surface area contributed by atoms with E-state index in [1.54, 1.807) is 79.7 Å². The van der Waals surface area contributed by atoms with Crippen molar-refractivity contribution >= 4 is 45.7 Å². The van der Waals surface area contributed by atoms with E-state index in [-0.39, 0.29) is 23.6 Å². The fourth-order valence-corrected chi connectivity index (χ4v) is 3.45. The average Bonchev–Trinajstić information content (AvgIpc) is 2.78. The molecule has 4 rings (SSSR count). The summed E-state index contributed by atoms with van der Waals surface area (Å²) in [4.78, 5) is 42.7. The number of nitrogens with zero attached hydrogens (tertiary/aromatic N) is 2. The molecule has 1 heterocycles. The van der Waals surface area contributed by atoms with Gasteiger partial charge in [-0.1, -0.05) is 35.9 Å². The van der Waals surface area contributed by atoms with Gasteiger partial charge in [0.2, 0.25) is 5.91 Å². The van der Waals surface area contributed by atoms with E-state index in [4.69, 9.17) is 11.6 Å². The van der Waals surface area contributed by atoms with E-state index in [0.717, 1.165) is 0 Å². The van der Waals surface area contributed by atoms with E-state index < -0.39 is 5.91 Å². The van der Waals surface area contributed by atoms with Crippen LogP contribution in [0.4, 0.5) is 11.4 Å². The lowest BCUT2D eigenvalue weighted by Gasteiger charge is -2.13. The minimum atomic E-state index is -0.445. The van der Waals surface area contributed by atoms with Crippen LogP contribution in [0.3, 0.4) is 0 Å². The number of rotatable bonds is 5. The minimum absolute atomic E-state index is 0.227. The van der Waals surface area contributed by atoms with Crippen LogP contribution in [0.1, 0.15) is 16.2 Å². The number of anilines is 2. The maximum Gasteiger partial charge on any atom is 0.261 e. The lowest BCUT2D eigenvalue weighted by atomic mass is 10.1. The van der Waals surface area contributed by atoms with Gasteiger partial charge < -0.3 is 10.6 Å². The SMILES string of the molecule is Cc1nc2ccccc2c(=O)n1CC(=O)Nc1ccccc1C(=O)Nc1ccc(Cl)cc1. The van der Waals surface area contributed by atoms with Crippen LogP contribution < -0.4 is 16.2 Å². The van der Waals surface area contributed by atoms with Gasteiger partial charge in [-0.15, -0.1) is 0 Å². The second kappa shape index (κ2) is 9.03. The van der Waals surface area contributed by atoms with Crippen molar-refractivity contribution in [2.75, 3.05) is 10.6 Å². The number of carbonyl (C=O) groups excluding carboxylic acids is 2. The standard InChI is InChI=1S/C24H19ClN4O3/c1-15-26-21-9-5-3-7-19(21)24(32)29(15)14-22(30)28-20-8-4-2-6-18(20)23(31)27-17-12-10-16(25)11-13-17/h2-13H,14H2,1H3,(H,27,31)(H,28,30). The summed E-state index contributed by atoms with van der Waals surface area (Å²) >= 11 is 5.88. The largest absolute Gasteiger partial charge is 0.324 e. The summed E-state index contributed by atoms with van der Waals surface area (Å²) in [5.74, 6) is -0.402. The highest BCUT2D eigenvalue weighted by atomic mass is 35.5. The first-order valence-corrected chi connectivity index (χ1v) is 10.2. The molecule has 7 nitrogen and oxygen atoms in total. The van der Waals surface area contributed by atoms with E-state index in [1.165, 1.54) is 4.57 Å². The van der Waals surface area contributed by atoms with Crippen molar-refractivity contribution in [2.24, 2.45) is 0 Å². The third-order valence-corrected chi connectivity index (χ3v) is 5.15. The summed E-state index contributed by atoms with van der Waals surface area (Å²) in [6, 6.07) is 20.3. The molecule has 2 N–H and O–H groups in total. The van der Waals surface area contributed by atoms with Gasteiger partial charge in [0.15, 0.2) is 0 Å². The topological polar surface area (TPSA) is 93.1 Å². The number of amides is 2. The zero-order chi connectivity index (χ0) is 22.7. The Hall–Kier alpha value is -3.97. The lowest BCUT2D eigenvalue weighted by molar-refractivity contribution is -0.116. The fourth-order valence-electron chi connectivity index (χ4n) is 3.32. The van der Waals surface area contributed by atoms with Crippen LogP contribution in [0.5, 0.6) is 0 Å². The van der Waals surface area contributed by atoms with Crippen LogP contribution in [0.2, 0.25) is 5.02 Å². The average molecular weight is 447 g/mol. The number of halogens is 1. The van der Waals surface area contributed by atoms with Crippen molar-refractivity contribution in [1.29, 1.82) is 0 Å². The predicted molar refractivity (Wildman–Crippen MR) is 125 cm³/mol. The molecular formula is C24H19ClN4O3. The van der Waals surface area contributed by atoms with Gasteiger partial charge in [0.05, 0.1) is 22.2 Å². The monoisotopic (exact) mass is 446 g/mol. The Morgan fingerprint density at radius 3 is 2.41 bits per heavy atom. The minimum Gasteiger partial charge on any atom is -0.324 e. The number of hydrogen-bond donors (Lipinski definition) is 2. The number of fused-ring (bicyclic) bond motifs is 1. The molecule has 0 aliphatic rings. The summed E-state index contributed by atoms with van der Waals surface area (Å²) in [6.45, 7) is 1.45. The van der Waals surface area contributed by atoms with Gasteiger partial charge in [-0.2, -0.15) is 0 Å². The molecule has 0 unspecified atom stereocenters. The van der Waals surface area contributed by atoms with E-state index in [0.29, 0.717) is 33.1 Å². The number of para-hydroxylation sites is 2. The Labute approximate surface area is 188 Å². The van der Waals surface area contributed by atoms with Gasteiger partial charge in [-0.3, -0.25) is 19.0 Å². The van der Waals surface area contributed by atoms with Crippen LogP contribution >= 0.6 is 11.6 Å². The molecule has 0 saturated carbocycles. The van der Waals surface area contributed by atoms with Crippen LogP contribution in [0.25, 0.3) is 10.9 Å². The lowest BCUT2D eigenvalue weighted by Crippen LogP contribution is -2.30. The number of hydrogen-bond acceptors (Lipinski definition) is 4. The Balaban J connectivity index is 1.55. The van der Waals surface area contributed by atoms with Crippen molar-refractivity contribution < 1.29 is 9.59 Å². The van der Waals surface area contributed by atoms with E-state index in [9.17, 15) is 14.4 Å². The first-order valence-electron chi connectivity index (χ1n) is 9.84. The molecular weight excluding hydrogens is 428 g/mol. The first-order chi connectivity index (χ1) is 15.4. The number of benzene rings is 3. The van der Waals surface area contributed by atoms with Gasteiger partial charge in [-0.05, 0) is 55.5 Å². The van der Waals surface area contributed by atoms with Crippen molar-refractivity contribution in [3.05, 3.63) is 99.6 Å². The highest BCUT2D eigenvalue weighted by molar-refractivity contribution is 6.30. The van der Waals surface area contributed by atoms with Crippen molar-refractivity contribution in [1.82, 2.24) is 9.55 Å². The number of aromatic nitrogens is 2.